The first-order valence-electron chi connectivity index (χ1n) is 5.82. The lowest BCUT2D eigenvalue weighted by Crippen LogP contribution is -2.43. The van der Waals surface area contributed by atoms with Crippen molar-refractivity contribution in [1.82, 2.24) is 5.32 Å². The molecule has 19 heavy (non-hydrogen) atoms. The molecule has 0 unspecified atom stereocenters. The third-order valence-electron chi connectivity index (χ3n) is 2.45. The number of nitrogens with one attached hydrogen (secondary N) is 1. The fourth-order valence-electron chi connectivity index (χ4n) is 1.55. The van der Waals surface area contributed by atoms with Crippen LogP contribution in [0.5, 0.6) is 0 Å². The molecular weight excluding hydrogens is 268 g/mol. The molecule has 1 rings (SSSR count). The molecule has 0 fully saturated rings. The monoisotopic (exact) mass is 284 g/mol. The first kappa shape index (κ1) is 15.2. The molecule has 4 N–H and O–H groups in total. The minimum atomic E-state index is -1.26. The number of hydrogen-bond acceptors (Lipinski definition) is 4. The standard InChI is InChI=1S/C12H16N2O4S/c13-10(15)7-9(12(17)18)14-11(16)5-1-3-8-4-2-6-19-8/h2,4,6,9H,1,3,5,7H2,(H2,13,15)(H,14,16)(H,17,18)/t9-/m0/s1. The molecular formula is C12H16N2O4S. The highest BCUT2D eigenvalue weighted by Gasteiger charge is 2.21. The number of amides is 2. The number of carboxylic acid groups (broad SMARTS) is 1. The molecule has 0 bridgehead atoms. The maximum absolute atomic E-state index is 11.5. The van der Waals surface area contributed by atoms with Gasteiger partial charge in [0.2, 0.25) is 11.8 Å². The number of carbonyl (C=O) groups is 3. The molecule has 2 amide bonds. The maximum atomic E-state index is 11.5. The van der Waals surface area contributed by atoms with Gasteiger partial charge in [0, 0.05) is 11.3 Å². The normalized spacial score (nSPS) is 11.8. The van der Waals surface area contributed by atoms with Crippen LogP contribution < -0.4 is 11.1 Å². The number of nitrogens with two attached hydrogens (primary N) is 1. The van der Waals surface area contributed by atoms with Crippen molar-refractivity contribution in [3.8, 4) is 0 Å². The first-order chi connectivity index (χ1) is 8.99. The summed E-state index contributed by atoms with van der Waals surface area (Å²) < 4.78 is 0. The summed E-state index contributed by atoms with van der Waals surface area (Å²) in [7, 11) is 0. The Kier molecular flexibility index (Phi) is 6.01. The van der Waals surface area contributed by atoms with E-state index in [9.17, 15) is 14.4 Å². The van der Waals surface area contributed by atoms with Gasteiger partial charge in [-0.05, 0) is 24.3 Å². The molecule has 0 saturated carbocycles. The van der Waals surface area contributed by atoms with Gasteiger partial charge < -0.3 is 16.2 Å². The van der Waals surface area contributed by atoms with Crippen molar-refractivity contribution < 1.29 is 19.5 Å². The number of aliphatic carboxylic acids is 1. The number of aryl methyl sites for hydroxylation is 1. The van der Waals surface area contributed by atoms with Crippen molar-refractivity contribution >= 4 is 29.1 Å². The van der Waals surface area contributed by atoms with Gasteiger partial charge in [0.05, 0.1) is 6.42 Å². The highest BCUT2D eigenvalue weighted by atomic mass is 32.1. The summed E-state index contributed by atoms with van der Waals surface area (Å²) in [5, 5.41) is 13.1. The zero-order valence-corrected chi connectivity index (χ0v) is 11.1. The number of carboxylic acids is 1. The lowest BCUT2D eigenvalue weighted by Gasteiger charge is -2.12. The van der Waals surface area contributed by atoms with Crippen LogP contribution in [-0.2, 0) is 20.8 Å². The Balaban J connectivity index is 2.32. The Morgan fingerprint density at radius 3 is 2.68 bits per heavy atom. The van der Waals surface area contributed by atoms with Crippen LogP contribution in [0.15, 0.2) is 17.5 Å². The topological polar surface area (TPSA) is 109 Å². The maximum Gasteiger partial charge on any atom is 0.326 e. The molecule has 7 heteroatoms. The number of primary amides is 1. The number of carbonyl (C=O) groups excluding carboxylic acids is 2. The largest absolute Gasteiger partial charge is 0.480 e. The van der Waals surface area contributed by atoms with Gasteiger partial charge in [0.15, 0.2) is 0 Å². The van der Waals surface area contributed by atoms with E-state index in [1.165, 1.54) is 4.88 Å². The molecule has 1 aromatic heterocycles. The average Bonchev–Trinajstić information content (AvgIpc) is 2.80. The van der Waals surface area contributed by atoms with E-state index in [0.29, 0.717) is 6.42 Å². The second-order valence-corrected chi connectivity index (χ2v) is 5.09. The Morgan fingerprint density at radius 1 is 1.42 bits per heavy atom. The van der Waals surface area contributed by atoms with E-state index in [-0.39, 0.29) is 12.3 Å². The van der Waals surface area contributed by atoms with Crippen molar-refractivity contribution in [3.63, 3.8) is 0 Å². The Labute approximate surface area is 114 Å². The average molecular weight is 284 g/mol. The molecule has 0 aliphatic rings. The summed E-state index contributed by atoms with van der Waals surface area (Å²) in [6.07, 6.45) is 1.24. The Morgan fingerprint density at radius 2 is 2.16 bits per heavy atom. The van der Waals surface area contributed by atoms with E-state index < -0.39 is 24.3 Å². The van der Waals surface area contributed by atoms with Crippen LogP contribution in [-0.4, -0.2) is 28.9 Å². The highest BCUT2D eigenvalue weighted by Crippen LogP contribution is 2.11. The molecule has 6 nitrogen and oxygen atoms in total. The minimum Gasteiger partial charge on any atom is -0.480 e. The molecule has 0 saturated heterocycles. The van der Waals surface area contributed by atoms with E-state index in [1.807, 2.05) is 17.5 Å². The number of thiophene rings is 1. The van der Waals surface area contributed by atoms with Gasteiger partial charge in [-0.3, -0.25) is 9.59 Å². The zero-order valence-electron chi connectivity index (χ0n) is 10.3. The fraction of sp³-hybridized carbons (Fsp3) is 0.417. The first-order valence-corrected chi connectivity index (χ1v) is 6.70. The Bertz CT molecular complexity index is 445. The summed E-state index contributed by atoms with van der Waals surface area (Å²) in [5.41, 5.74) is 4.92. The second-order valence-electron chi connectivity index (χ2n) is 4.06. The summed E-state index contributed by atoms with van der Waals surface area (Å²) in [6, 6.07) is 2.68. The van der Waals surface area contributed by atoms with Crippen molar-refractivity contribution in [3.05, 3.63) is 22.4 Å². The minimum absolute atomic E-state index is 0.223. The van der Waals surface area contributed by atoms with E-state index in [4.69, 9.17) is 10.8 Å². The highest BCUT2D eigenvalue weighted by molar-refractivity contribution is 7.09. The van der Waals surface area contributed by atoms with Gasteiger partial charge in [0.1, 0.15) is 6.04 Å². The van der Waals surface area contributed by atoms with Gasteiger partial charge in [-0.2, -0.15) is 0 Å². The van der Waals surface area contributed by atoms with Crippen LogP contribution in [0, 0.1) is 0 Å². The fourth-order valence-corrected chi connectivity index (χ4v) is 2.30. The van der Waals surface area contributed by atoms with Crippen LogP contribution in [0.4, 0.5) is 0 Å². The van der Waals surface area contributed by atoms with Crippen LogP contribution in [0.2, 0.25) is 0 Å². The molecule has 0 aliphatic carbocycles. The van der Waals surface area contributed by atoms with Crippen LogP contribution in [0.3, 0.4) is 0 Å². The van der Waals surface area contributed by atoms with Gasteiger partial charge in [0.25, 0.3) is 0 Å². The van der Waals surface area contributed by atoms with E-state index >= 15 is 0 Å². The summed E-state index contributed by atoms with van der Waals surface area (Å²) >= 11 is 1.61. The molecule has 0 aromatic carbocycles. The lowest BCUT2D eigenvalue weighted by atomic mass is 10.1. The third kappa shape index (κ3) is 6.01. The smallest absolute Gasteiger partial charge is 0.326 e. The van der Waals surface area contributed by atoms with Gasteiger partial charge >= 0.3 is 5.97 Å². The van der Waals surface area contributed by atoms with E-state index in [0.717, 1.165) is 6.42 Å². The number of hydrogen-bond donors (Lipinski definition) is 3. The molecule has 0 aliphatic heterocycles. The van der Waals surface area contributed by atoms with Crippen LogP contribution >= 0.6 is 11.3 Å². The van der Waals surface area contributed by atoms with Gasteiger partial charge in [-0.25, -0.2) is 4.79 Å². The quantitative estimate of drug-likeness (QED) is 0.646. The Hall–Kier alpha value is -1.89. The van der Waals surface area contributed by atoms with Crippen molar-refractivity contribution in [2.45, 2.75) is 31.7 Å². The second kappa shape index (κ2) is 7.52. The van der Waals surface area contributed by atoms with E-state index in [2.05, 4.69) is 5.32 Å². The predicted octanol–water partition coefficient (Wildman–Crippen LogP) is 0.516. The summed E-state index contributed by atoms with van der Waals surface area (Å²) in [4.78, 5) is 34.2. The molecule has 0 spiro atoms. The van der Waals surface area contributed by atoms with Gasteiger partial charge in [-0.1, -0.05) is 6.07 Å². The molecule has 1 heterocycles. The van der Waals surface area contributed by atoms with E-state index in [1.54, 1.807) is 11.3 Å². The molecule has 1 aromatic rings. The number of rotatable bonds is 8. The lowest BCUT2D eigenvalue weighted by molar-refractivity contribution is -0.143. The third-order valence-corrected chi connectivity index (χ3v) is 3.38. The SMILES string of the molecule is NC(=O)C[C@H](NC(=O)CCCc1cccs1)C(=O)O. The summed E-state index contributed by atoms with van der Waals surface area (Å²) in [6.45, 7) is 0. The molecule has 104 valence electrons. The summed E-state index contributed by atoms with van der Waals surface area (Å²) in [5.74, 6) is -2.40. The predicted molar refractivity (Wildman–Crippen MR) is 70.6 cm³/mol. The van der Waals surface area contributed by atoms with Gasteiger partial charge in [-0.15, -0.1) is 11.3 Å². The zero-order chi connectivity index (χ0) is 14.3. The van der Waals surface area contributed by atoms with Crippen molar-refractivity contribution in [1.29, 1.82) is 0 Å². The van der Waals surface area contributed by atoms with Crippen molar-refractivity contribution in [2.75, 3.05) is 0 Å². The van der Waals surface area contributed by atoms with Crippen molar-refractivity contribution in [2.24, 2.45) is 5.73 Å². The molecule has 1 atom stereocenters. The van der Waals surface area contributed by atoms with Crippen LogP contribution in [0.1, 0.15) is 24.1 Å². The molecule has 0 radical (unpaired) electrons. The van der Waals surface area contributed by atoms with Crippen LogP contribution in [0.25, 0.3) is 0 Å².